The standard InChI is InChI=1S/C18H30N4O2/c1-5-21(13-17(23)22-10-8-6-7-9-11-22)18(24)15-12-16(14(2)3)20(4)19-15/h12,14H,5-11,13H2,1-4H3. The summed E-state index contributed by atoms with van der Waals surface area (Å²) < 4.78 is 1.75. The van der Waals surface area contributed by atoms with Crippen molar-refractivity contribution in [2.75, 3.05) is 26.2 Å². The van der Waals surface area contributed by atoms with E-state index in [2.05, 4.69) is 18.9 Å². The quantitative estimate of drug-likeness (QED) is 0.831. The Morgan fingerprint density at radius 2 is 1.83 bits per heavy atom. The lowest BCUT2D eigenvalue weighted by Gasteiger charge is -2.25. The number of carbonyl (C=O) groups excluding carboxylic acids is 2. The molecule has 2 heterocycles. The molecule has 24 heavy (non-hydrogen) atoms. The molecule has 6 nitrogen and oxygen atoms in total. The van der Waals surface area contributed by atoms with E-state index in [0.29, 0.717) is 18.2 Å². The summed E-state index contributed by atoms with van der Waals surface area (Å²) in [7, 11) is 1.85. The Kier molecular flexibility index (Phi) is 6.40. The minimum atomic E-state index is -0.164. The minimum Gasteiger partial charge on any atom is -0.341 e. The zero-order valence-corrected chi connectivity index (χ0v) is 15.4. The Bertz CT molecular complexity index is 572. The third-order valence-corrected chi connectivity index (χ3v) is 4.68. The minimum absolute atomic E-state index is 0.0483. The zero-order chi connectivity index (χ0) is 17.7. The second kappa shape index (κ2) is 8.31. The van der Waals surface area contributed by atoms with E-state index < -0.39 is 0 Å². The molecular weight excluding hydrogens is 304 g/mol. The van der Waals surface area contributed by atoms with Crippen molar-refractivity contribution in [1.29, 1.82) is 0 Å². The molecule has 2 rings (SSSR count). The summed E-state index contributed by atoms with van der Waals surface area (Å²) in [5.74, 6) is 0.188. The van der Waals surface area contributed by atoms with E-state index in [4.69, 9.17) is 0 Å². The first-order chi connectivity index (χ1) is 11.4. The number of likely N-dealkylation sites (tertiary alicyclic amines) is 1. The average Bonchev–Trinajstić information content (AvgIpc) is 2.76. The molecule has 0 bridgehead atoms. The van der Waals surface area contributed by atoms with Crippen molar-refractivity contribution in [1.82, 2.24) is 19.6 Å². The predicted octanol–water partition coefficient (Wildman–Crippen LogP) is 2.41. The molecule has 1 fully saturated rings. The lowest BCUT2D eigenvalue weighted by Crippen LogP contribution is -2.43. The van der Waals surface area contributed by atoms with Crippen LogP contribution in [0.4, 0.5) is 0 Å². The Labute approximate surface area is 144 Å². The molecule has 0 radical (unpaired) electrons. The van der Waals surface area contributed by atoms with Gasteiger partial charge in [0.2, 0.25) is 5.91 Å². The van der Waals surface area contributed by atoms with E-state index in [-0.39, 0.29) is 18.4 Å². The SMILES string of the molecule is CCN(CC(=O)N1CCCCCC1)C(=O)c1cc(C(C)C)n(C)n1. The summed E-state index contributed by atoms with van der Waals surface area (Å²) in [6.07, 6.45) is 4.49. The van der Waals surface area contributed by atoms with Gasteiger partial charge in [0.1, 0.15) is 6.54 Å². The van der Waals surface area contributed by atoms with E-state index in [9.17, 15) is 9.59 Å². The summed E-state index contributed by atoms with van der Waals surface area (Å²) in [5, 5.41) is 4.34. The maximum absolute atomic E-state index is 12.7. The van der Waals surface area contributed by atoms with Crippen LogP contribution in [-0.4, -0.2) is 57.6 Å². The van der Waals surface area contributed by atoms with Gasteiger partial charge < -0.3 is 9.80 Å². The van der Waals surface area contributed by atoms with E-state index in [1.807, 2.05) is 24.9 Å². The summed E-state index contributed by atoms with van der Waals surface area (Å²) in [6, 6.07) is 1.84. The Hall–Kier alpha value is -1.85. The molecule has 6 heteroatoms. The Morgan fingerprint density at radius 3 is 2.33 bits per heavy atom. The van der Waals surface area contributed by atoms with Crippen molar-refractivity contribution in [3.8, 4) is 0 Å². The molecule has 1 aliphatic heterocycles. The first-order valence-corrected chi connectivity index (χ1v) is 9.05. The van der Waals surface area contributed by atoms with Gasteiger partial charge in [-0.3, -0.25) is 14.3 Å². The number of carbonyl (C=O) groups is 2. The van der Waals surface area contributed by atoms with Crippen LogP contribution in [0.15, 0.2) is 6.07 Å². The predicted molar refractivity (Wildman–Crippen MR) is 93.9 cm³/mol. The van der Waals surface area contributed by atoms with Crippen molar-refractivity contribution in [3.05, 3.63) is 17.5 Å². The number of rotatable bonds is 5. The number of nitrogens with zero attached hydrogens (tertiary/aromatic N) is 4. The first-order valence-electron chi connectivity index (χ1n) is 9.05. The van der Waals surface area contributed by atoms with Gasteiger partial charge in [0.25, 0.3) is 5.91 Å². The van der Waals surface area contributed by atoms with Crippen LogP contribution in [-0.2, 0) is 11.8 Å². The molecule has 0 spiro atoms. The first kappa shape index (κ1) is 18.5. The number of hydrogen-bond acceptors (Lipinski definition) is 3. The van der Waals surface area contributed by atoms with E-state index >= 15 is 0 Å². The van der Waals surface area contributed by atoms with Gasteiger partial charge in [-0.05, 0) is 31.7 Å². The molecule has 2 amide bonds. The van der Waals surface area contributed by atoms with Crippen molar-refractivity contribution < 1.29 is 9.59 Å². The van der Waals surface area contributed by atoms with Gasteiger partial charge in [-0.1, -0.05) is 26.7 Å². The van der Waals surface area contributed by atoms with E-state index in [1.165, 1.54) is 12.8 Å². The fourth-order valence-electron chi connectivity index (χ4n) is 3.20. The highest BCUT2D eigenvalue weighted by molar-refractivity contribution is 5.95. The van der Waals surface area contributed by atoms with Crippen LogP contribution in [0, 0.1) is 0 Å². The van der Waals surface area contributed by atoms with Gasteiger partial charge >= 0.3 is 0 Å². The second-order valence-corrected chi connectivity index (χ2v) is 6.85. The van der Waals surface area contributed by atoms with Crippen molar-refractivity contribution in [3.63, 3.8) is 0 Å². The highest BCUT2D eigenvalue weighted by Crippen LogP contribution is 2.16. The molecule has 0 saturated carbocycles. The Balaban J connectivity index is 2.05. The number of hydrogen-bond donors (Lipinski definition) is 0. The molecule has 1 saturated heterocycles. The molecule has 1 aliphatic rings. The molecule has 0 aromatic carbocycles. The smallest absolute Gasteiger partial charge is 0.274 e. The average molecular weight is 334 g/mol. The largest absolute Gasteiger partial charge is 0.341 e. The molecule has 0 N–H and O–H groups in total. The van der Waals surface area contributed by atoms with Gasteiger partial charge in [0, 0.05) is 32.4 Å². The van der Waals surface area contributed by atoms with Crippen LogP contribution in [0.3, 0.4) is 0 Å². The van der Waals surface area contributed by atoms with Crippen LogP contribution in [0.1, 0.15) is 68.6 Å². The molecule has 0 aliphatic carbocycles. The topological polar surface area (TPSA) is 58.4 Å². The van der Waals surface area contributed by atoms with Crippen LogP contribution in [0.5, 0.6) is 0 Å². The van der Waals surface area contributed by atoms with Gasteiger partial charge in [-0.2, -0.15) is 5.10 Å². The van der Waals surface area contributed by atoms with E-state index in [1.54, 1.807) is 9.58 Å². The normalized spacial score (nSPS) is 15.5. The summed E-state index contributed by atoms with van der Waals surface area (Å²) in [6.45, 7) is 8.32. The van der Waals surface area contributed by atoms with Crippen molar-refractivity contribution >= 4 is 11.8 Å². The summed E-state index contributed by atoms with van der Waals surface area (Å²) in [4.78, 5) is 28.8. The highest BCUT2D eigenvalue weighted by Gasteiger charge is 2.24. The number of aromatic nitrogens is 2. The summed E-state index contributed by atoms with van der Waals surface area (Å²) in [5.41, 5.74) is 1.44. The second-order valence-electron chi connectivity index (χ2n) is 6.85. The molecule has 0 atom stereocenters. The third-order valence-electron chi connectivity index (χ3n) is 4.68. The third kappa shape index (κ3) is 4.36. The fraction of sp³-hybridized carbons (Fsp3) is 0.722. The highest BCUT2D eigenvalue weighted by atomic mass is 16.2. The lowest BCUT2D eigenvalue weighted by atomic mass is 10.1. The Morgan fingerprint density at radius 1 is 1.21 bits per heavy atom. The molecule has 0 unspecified atom stereocenters. The lowest BCUT2D eigenvalue weighted by molar-refractivity contribution is -0.131. The van der Waals surface area contributed by atoms with Crippen LogP contribution in [0.25, 0.3) is 0 Å². The summed E-state index contributed by atoms with van der Waals surface area (Å²) >= 11 is 0. The zero-order valence-electron chi connectivity index (χ0n) is 15.4. The fourth-order valence-corrected chi connectivity index (χ4v) is 3.20. The van der Waals surface area contributed by atoms with E-state index in [0.717, 1.165) is 31.6 Å². The van der Waals surface area contributed by atoms with Crippen molar-refractivity contribution in [2.24, 2.45) is 7.05 Å². The monoisotopic (exact) mass is 334 g/mol. The molecular formula is C18H30N4O2. The maximum Gasteiger partial charge on any atom is 0.274 e. The van der Waals surface area contributed by atoms with Crippen LogP contribution < -0.4 is 0 Å². The van der Waals surface area contributed by atoms with Crippen LogP contribution in [0.2, 0.25) is 0 Å². The van der Waals surface area contributed by atoms with Gasteiger partial charge in [-0.25, -0.2) is 0 Å². The molecule has 1 aromatic rings. The number of amides is 2. The molecule has 134 valence electrons. The van der Waals surface area contributed by atoms with Gasteiger partial charge in [-0.15, -0.1) is 0 Å². The van der Waals surface area contributed by atoms with Crippen molar-refractivity contribution in [2.45, 2.75) is 52.4 Å². The van der Waals surface area contributed by atoms with Gasteiger partial charge in [0.15, 0.2) is 5.69 Å². The van der Waals surface area contributed by atoms with Crippen LogP contribution >= 0.6 is 0 Å². The molecule has 1 aromatic heterocycles. The number of aryl methyl sites for hydroxylation is 1. The maximum atomic E-state index is 12.7. The van der Waals surface area contributed by atoms with Gasteiger partial charge in [0.05, 0.1) is 0 Å². The number of likely N-dealkylation sites (N-methyl/N-ethyl adjacent to an activating group) is 1.